The maximum atomic E-state index is 12.5. The van der Waals surface area contributed by atoms with Gasteiger partial charge in [0.2, 0.25) is 0 Å². The average Bonchev–Trinajstić information content (AvgIpc) is 3.21. The van der Waals surface area contributed by atoms with Crippen molar-refractivity contribution in [3.63, 3.8) is 0 Å². The van der Waals surface area contributed by atoms with Gasteiger partial charge in [-0.1, -0.05) is 6.07 Å². The predicted molar refractivity (Wildman–Crippen MR) is 105 cm³/mol. The van der Waals surface area contributed by atoms with Crippen molar-refractivity contribution in [3.8, 4) is 5.75 Å². The molecule has 1 heterocycles. The van der Waals surface area contributed by atoms with Crippen molar-refractivity contribution < 1.29 is 19.1 Å². The number of tetrazole rings is 1. The second-order valence-corrected chi connectivity index (χ2v) is 6.47. The molecular weight excluding hydrogens is 374 g/mol. The summed E-state index contributed by atoms with van der Waals surface area (Å²) < 4.78 is 12.1. The Morgan fingerprint density at radius 2 is 1.86 bits per heavy atom. The van der Waals surface area contributed by atoms with E-state index in [0.717, 1.165) is 0 Å². The molecule has 0 atom stereocenters. The van der Waals surface area contributed by atoms with Crippen molar-refractivity contribution in [2.45, 2.75) is 26.5 Å². The van der Waals surface area contributed by atoms with Crippen molar-refractivity contribution in [3.05, 3.63) is 65.5 Å². The largest absolute Gasteiger partial charge is 0.486 e. The molecule has 1 amide bonds. The number of hydrogen-bond acceptors (Lipinski definition) is 7. The molecule has 0 saturated carbocycles. The highest BCUT2D eigenvalue weighted by molar-refractivity contribution is 6.04. The van der Waals surface area contributed by atoms with Crippen molar-refractivity contribution in [2.24, 2.45) is 0 Å². The Balaban J connectivity index is 1.64. The summed E-state index contributed by atoms with van der Waals surface area (Å²) in [5, 5.41) is 14.3. The molecule has 3 rings (SSSR count). The van der Waals surface area contributed by atoms with Crippen LogP contribution in [0, 0.1) is 0 Å². The van der Waals surface area contributed by atoms with Gasteiger partial charge in [0.05, 0.1) is 18.7 Å². The lowest BCUT2D eigenvalue weighted by molar-refractivity contribution is 0.0600. The molecule has 1 N–H and O–H groups in total. The first-order valence-electron chi connectivity index (χ1n) is 8.97. The highest BCUT2D eigenvalue weighted by Gasteiger charge is 2.12. The number of ether oxygens (including phenoxy) is 2. The lowest BCUT2D eigenvalue weighted by Gasteiger charge is -2.10. The van der Waals surface area contributed by atoms with Crippen molar-refractivity contribution >= 4 is 17.6 Å². The van der Waals surface area contributed by atoms with Crippen LogP contribution in [0.15, 0.2) is 48.5 Å². The van der Waals surface area contributed by atoms with Gasteiger partial charge in [0, 0.05) is 11.3 Å². The monoisotopic (exact) mass is 395 g/mol. The first-order valence-corrected chi connectivity index (χ1v) is 8.97. The number of amides is 1. The van der Waals surface area contributed by atoms with E-state index < -0.39 is 5.97 Å². The smallest absolute Gasteiger partial charge is 0.337 e. The molecule has 0 saturated heterocycles. The first-order chi connectivity index (χ1) is 14.0. The molecule has 1 aromatic heterocycles. The summed E-state index contributed by atoms with van der Waals surface area (Å²) in [5.41, 5.74) is 1.40. The van der Waals surface area contributed by atoms with Crippen LogP contribution < -0.4 is 10.1 Å². The van der Waals surface area contributed by atoms with Crippen molar-refractivity contribution in [1.29, 1.82) is 0 Å². The normalized spacial score (nSPS) is 10.6. The Kier molecular flexibility index (Phi) is 6.18. The summed E-state index contributed by atoms with van der Waals surface area (Å²) in [7, 11) is 1.32. The highest BCUT2D eigenvalue weighted by atomic mass is 16.5. The van der Waals surface area contributed by atoms with Crippen LogP contribution in [-0.4, -0.2) is 39.2 Å². The molecule has 0 bridgehead atoms. The van der Waals surface area contributed by atoms with Crippen LogP contribution in [0.3, 0.4) is 0 Å². The highest BCUT2D eigenvalue weighted by Crippen LogP contribution is 2.17. The average molecular weight is 395 g/mol. The topological polar surface area (TPSA) is 108 Å². The van der Waals surface area contributed by atoms with Gasteiger partial charge in [-0.25, -0.2) is 9.48 Å². The van der Waals surface area contributed by atoms with Gasteiger partial charge in [-0.15, -0.1) is 5.10 Å². The molecule has 0 spiro atoms. The summed E-state index contributed by atoms with van der Waals surface area (Å²) in [6.07, 6.45) is 0. The van der Waals surface area contributed by atoms with Gasteiger partial charge in [0.1, 0.15) is 12.4 Å². The lowest BCUT2D eigenvalue weighted by Crippen LogP contribution is -2.13. The molecule has 9 nitrogen and oxygen atoms in total. The summed E-state index contributed by atoms with van der Waals surface area (Å²) in [6.45, 7) is 4.14. The van der Waals surface area contributed by atoms with Gasteiger partial charge in [-0.05, 0) is 66.7 Å². The molecule has 0 aliphatic carbocycles. The van der Waals surface area contributed by atoms with E-state index in [1.165, 1.54) is 7.11 Å². The number of carbonyl (C=O) groups excluding carboxylic acids is 2. The Bertz CT molecular complexity index is 998. The van der Waals surface area contributed by atoms with E-state index in [-0.39, 0.29) is 18.6 Å². The third-order valence-corrected chi connectivity index (χ3v) is 4.08. The number of hydrogen-bond donors (Lipinski definition) is 1. The summed E-state index contributed by atoms with van der Waals surface area (Å²) >= 11 is 0. The zero-order valence-electron chi connectivity index (χ0n) is 16.3. The number of nitrogens with one attached hydrogen (secondary N) is 1. The number of aromatic nitrogens is 4. The molecule has 0 radical (unpaired) electrons. The molecule has 0 fully saturated rings. The standard InChI is InChI=1S/C20H21N5O4/c1-13(2)25-18(22-23-24-25)12-29-17-6-4-5-15(11-17)19(26)21-16-9-7-14(8-10-16)20(27)28-3/h4-11,13H,12H2,1-3H3,(H,21,26). The van der Waals surface area contributed by atoms with Crippen LogP contribution in [-0.2, 0) is 11.3 Å². The van der Waals surface area contributed by atoms with Crippen LogP contribution in [0.1, 0.15) is 46.4 Å². The maximum absolute atomic E-state index is 12.5. The van der Waals surface area contributed by atoms with Gasteiger partial charge in [-0.2, -0.15) is 0 Å². The minimum Gasteiger partial charge on any atom is -0.486 e. The lowest BCUT2D eigenvalue weighted by atomic mass is 10.1. The molecule has 150 valence electrons. The summed E-state index contributed by atoms with van der Waals surface area (Å²) in [4.78, 5) is 24.0. The second-order valence-electron chi connectivity index (χ2n) is 6.47. The maximum Gasteiger partial charge on any atom is 0.337 e. The summed E-state index contributed by atoms with van der Waals surface area (Å²) in [5.74, 6) is 0.391. The molecular formula is C20H21N5O4. The van der Waals surface area contributed by atoms with E-state index in [0.29, 0.717) is 28.4 Å². The number of esters is 1. The quantitative estimate of drug-likeness (QED) is 0.613. The van der Waals surface area contributed by atoms with Gasteiger partial charge >= 0.3 is 5.97 Å². The zero-order chi connectivity index (χ0) is 20.8. The fourth-order valence-electron chi connectivity index (χ4n) is 2.59. The number of methoxy groups -OCH3 is 1. The van der Waals surface area contributed by atoms with Crippen molar-refractivity contribution in [2.75, 3.05) is 12.4 Å². The third kappa shape index (κ3) is 4.95. The molecule has 0 aliphatic heterocycles. The predicted octanol–water partition coefficient (Wildman–Crippen LogP) is 2.87. The Morgan fingerprint density at radius 3 is 2.55 bits per heavy atom. The zero-order valence-corrected chi connectivity index (χ0v) is 16.3. The number of rotatable bonds is 7. The fourth-order valence-corrected chi connectivity index (χ4v) is 2.59. The minimum absolute atomic E-state index is 0.117. The van der Waals surface area contributed by atoms with E-state index in [4.69, 9.17) is 4.74 Å². The molecule has 9 heteroatoms. The third-order valence-electron chi connectivity index (χ3n) is 4.08. The number of benzene rings is 2. The van der Waals surface area contributed by atoms with E-state index in [9.17, 15) is 9.59 Å². The second kappa shape index (κ2) is 8.96. The van der Waals surface area contributed by atoms with Gasteiger partial charge < -0.3 is 14.8 Å². The minimum atomic E-state index is -0.434. The van der Waals surface area contributed by atoms with E-state index in [2.05, 4.69) is 25.6 Å². The van der Waals surface area contributed by atoms with Crippen molar-refractivity contribution in [1.82, 2.24) is 20.2 Å². The first kappa shape index (κ1) is 20.0. The Morgan fingerprint density at radius 1 is 1.10 bits per heavy atom. The van der Waals surface area contributed by atoms with Crippen LogP contribution in [0.25, 0.3) is 0 Å². The summed E-state index contributed by atoms with van der Waals surface area (Å²) in [6, 6.07) is 13.4. The van der Waals surface area contributed by atoms with Crippen LogP contribution >= 0.6 is 0 Å². The van der Waals surface area contributed by atoms with E-state index in [1.54, 1.807) is 53.2 Å². The van der Waals surface area contributed by atoms with Crippen LogP contribution in [0.4, 0.5) is 5.69 Å². The van der Waals surface area contributed by atoms with Gasteiger partial charge in [-0.3, -0.25) is 4.79 Å². The number of nitrogens with zero attached hydrogens (tertiary/aromatic N) is 4. The van der Waals surface area contributed by atoms with Crippen LogP contribution in [0.5, 0.6) is 5.75 Å². The number of carbonyl (C=O) groups is 2. The molecule has 2 aromatic carbocycles. The van der Waals surface area contributed by atoms with E-state index >= 15 is 0 Å². The van der Waals surface area contributed by atoms with Gasteiger partial charge in [0.15, 0.2) is 5.82 Å². The number of anilines is 1. The van der Waals surface area contributed by atoms with Gasteiger partial charge in [0.25, 0.3) is 5.91 Å². The molecule has 0 aliphatic rings. The molecule has 3 aromatic rings. The SMILES string of the molecule is COC(=O)c1ccc(NC(=O)c2cccc(OCc3nnnn3C(C)C)c2)cc1. The molecule has 29 heavy (non-hydrogen) atoms. The Labute approximate surface area is 167 Å². The fraction of sp³-hybridized carbons (Fsp3) is 0.250. The molecule has 0 unspecified atom stereocenters. The van der Waals surface area contributed by atoms with E-state index in [1.807, 2.05) is 13.8 Å². The Hall–Kier alpha value is -3.75. The van der Waals surface area contributed by atoms with Crippen LogP contribution in [0.2, 0.25) is 0 Å².